The van der Waals surface area contributed by atoms with Crippen LogP contribution in [0.5, 0.6) is 0 Å². The number of hydrogen-bond donors (Lipinski definition) is 0. The monoisotopic (exact) mass is 804 g/mol. The van der Waals surface area contributed by atoms with Gasteiger partial charge >= 0.3 is 0 Å². The van der Waals surface area contributed by atoms with Gasteiger partial charge in [0, 0.05) is 49.1 Å². The number of nitrogens with zero attached hydrogens (tertiary/aromatic N) is 2. The first-order chi connectivity index (χ1) is 31.2. The Balaban J connectivity index is 0.958. The predicted molar refractivity (Wildman–Crippen MR) is 260 cm³/mol. The minimum atomic E-state index is 0.827. The van der Waals surface area contributed by atoms with E-state index in [0.717, 1.165) is 94.3 Å². The van der Waals surface area contributed by atoms with Gasteiger partial charge in [0.1, 0.15) is 22.3 Å². The van der Waals surface area contributed by atoms with Crippen LogP contribution in [0.15, 0.2) is 227 Å². The number of benzene rings is 9. The van der Waals surface area contributed by atoms with Crippen LogP contribution >= 0.6 is 0 Å². The van der Waals surface area contributed by atoms with Gasteiger partial charge in [0.05, 0.1) is 22.4 Å². The first-order valence-electron chi connectivity index (χ1n) is 21.3. The van der Waals surface area contributed by atoms with E-state index in [4.69, 9.17) is 13.8 Å². The number of para-hydroxylation sites is 2. The van der Waals surface area contributed by atoms with Crippen molar-refractivity contribution in [3.05, 3.63) is 218 Å². The second-order valence-electron chi connectivity index (χ2n) is 16.3. The minimum Gasteiger partial charge on any atom is -0.456 e. The van der Waals surface area contributed by atoms with Crippen molar-refractivity contribution in [2.75, 3.05) is 0 Å². The maximum atomic E-state index is 6.59. The average Bonchev–Trinajstić information content (AvgIpc) is 4.03. The lowest BCUT2D eigenvalue weighted by Crippen LogP contribution is -1.94. The summed E-state index contributed by atoms with van der Waals surface area (Å²) in [6.07, 6.45) is 0. The third-order valence-electron chi connectivity index (χ3n) is 12.6. The lowest BCUT2D eigenvalue weighted by atomic mass is 9.96. The van der Waals surface area contributed by atoms with Crippen LogP contribution in [-0.4, -0.2) is 9.55 Å². The Bertz CT molecular complexity index is 3910. The Morgan fingerprint density at radius 1 is 0.302 bits per heavy atom. The molecule has 4 nitrogen and oxygen atoms in total. The molecule has 13 rings (SSSR count). The van der Waals surface area contributed by atoms with Crippen LogP contribution in [0.25, 0.3) is 127 Å². The van der Waals surface area contributed by atoms with E-state index >= 15 is 0 Å². The number of hydrogen-bond acceptors (Lipinski definition) is 3. The fourth-order valence-electron chi connectivity index (χ4n) is 9.60. The fourth-order valence-corrected chi connectivity index (χ4v) is 9.60. The highest BCUT2D eigenvalue weighted by atomic mass is 16.3. The molecule has 0 saturated heterocycles. The van der Waals surface area contributed by atoms with Crippen molar-refractivity contribution in [2.24, 2.45) is 0 Å². The van der Waals surface area contributed by atoms with Gasteiger partial charge in [-0.1, -0.05) is 140 Å². The van der Waals surface area contributed by atoms with Crippen molar-refractivity contribution in [2.45, 2.75) is 0 Å². The third kappa shape index (κ3) is 5.80. The van der Waals surface area contributed by atoms with E-state index in [9.17, 15) is 0 Å². The summed E-state index contributed by atoms with van der Waals surface area (Å²) in [6.45, 7) is 0. The van der Waals surface area contributed by atoms with Crippen LogP contribution in [0.1, 0.15) is 0 Å². The average molecular weight is 805 g/mol. The van der Waals surface area contributed by atoms with Crippen molar-refractivity contribution in [3.8, 4) is 61.6 Å². The van der Waals surface area contributed by atoms with Crippen molar-refractivity contribution in [1.29, 1.82) is 0 Å². The van der Waals surface area contributed by atoms with Crippen molar-refractivity contribution in [3.63, 3.8) is 0 Å². The summed E-state index contributed by atoms with van der Waals surface area (Å²) >= 11 is 0. The molecular weight excluding hydrogens is 769 g/mol. The second-order valence-corrected chi connectivity index (χ2v) is 16.3. The Hall–Kier alpha value is -8.47. The minimum absolute atomic E-state index is 0.827. The Morgan fingerprint density at radius 3 is 1.76 bits per heavy atom. The summed E-state index contributed by atoms with van der Waals surface area (Å²) in [5, 5.41) is 6.75. The summed E-state index contributed by atoms with van der Waals surface area (Å²) in [4.78, 5) is 5.36. The zero-order valence-electron chi connectivity index (χ0n) is 34.0. The van der Waals surface area contributed by atoms with Gasteiger partial charge < -0.3 is 13.4 Å². The highest BCUT2D eigenvalue weighted by Gasteiger charge is 2.19. The Morgan fingerprint density at radius 2 is 0.889 bits per heavy atom. The number of fused-ring (bicyclic) bond motifs is 9. The molecule has 0 unspecified atom stereocenters. The van der Waals surface area contributed by atoms with Gasteiger partial charge in [-0.3, -0.25) is 0 Å². The van der Waals surface area contributed by atoms with Crippen LogP contribution in [0.4, 0.5) is 0 Å². The first kappa shape index (κ1) is 35.3. The fraction of sp³-hybridized carbons (Fsp3) is 0. The molecule has 0 aliphatic rings. The number of aromatic nitrogens is 2. The van der Waals surface area contributed by atoms with E-state index in [1.54, 1.807) is 0 Å². The largest absolute Gasteiger partial charge is 0.456 e. The van der Waals surface area contributed by atoms with E-state index in [0.29, 0.717) is 0 Å². The third-order valence-corrected chi connectivity index (χ3v) is 12.6. The van der Waals surface area contributed by atoms with Crippen LogP contribution < -0.4 is 0 Å². The molecule has 0 saturated carbocycles. The topological polar surface area (TPSA) is 44.1 Å². The quantitative estimate of drug-likeness (QED) is 0.168. The van der Waals surface area contributed by atoms with Gasteiger partial charge in [-0.25, -0.2) is 4.98 Å². The molecular formula is C59H36N2O2. The van der Waals surface area contributed by atoms with Crippen molar-refractivity contribution >= 4 is 65.7 Å². The van der Waals surface area contributed by atoms with E-state index < -0.39 is 0 Å². The smallest absolute Gasteiger partial charge is 0.136 e. The molecule has 0 radical (unpaired) electrons. The summed E-state index contributed by atoms with van der Waals surface area (Å²) < 4.78 is 15.3. The molecule has 9 aromatic carbocycles. The second kappa shape index (κ2) is 14.1. The molecule has 4 aromatic heterocycles. The van der Waals surface area contributed by atoms with Gasteiger partial charge in [0.25, 0.3) is 0 Å². The van der Waals surface area contributed by atoms with Gasteiger partial charge in [0.2, 0.25) is 0 Å². The van der Waals surface area contributed by atoms with E-state index in [-0.39, 0.29) is 0 Å². The zero-order valence-corrected chi connectivity index (χ0v) is 34.0. The first-order valence-corrected chi connectivity index (χ1v) is 21.3. The van der Waals surface area contributed by atoms with E-state index in [2.05, 4.69) is 205 Å². The number of furan rings is 2. The summed E-state index contributed by atoms with van der Waals surface area (Å²) in [5.41, 5.74) is 17.5. The van der Waals surface area contributed by atoms with Crippen LogP contribution in [0.2, 0.25) is 0 Å². The highest BCUT2D eigenvalue weighted by molar-refractivity contribution is 6.14. The molecule has 4 heterocycles. The van der Waals surface area contributed by atoms with Gasteiger partial charge in [0.15, 0.2) is 0 Å². The molecule has 63 heavy (non-hydrogen) atoms. The highest BCUT2D eigenvalue weighted by Crippen LogP contribution is 2.42. The summed E-state index contributed by atoms with van der Waals surface area (Å²) in [5.74, 6) is 0. The maximum absolute atomic E-state index is 6.59. The lowest BCUT2D eigenvalue weighted by molar-refractivity contribution is 0.668. The molecule has 13 aromatic rings. The molecule has 0 bridgehead atoms. The molecule has 0 aliphatic carbocycles. The number of rotatable bonds is 6. The maximum Gasteiger partial charge on any atom is 0.136 e. The number of pyridine rings is 1. The SMILES string of the molecule is c1ccc(-c2cccc(-n3c4ccccc4c4cc(-c5ccc6oc7cccc(-c8cc(-c9ccc%10c(c9)oc9ccccc9%10)cc(-c9ccccc9)n8)c7c6c5)ccc43)c2)cc1. The molecule has 0 amide bonds. The van der Waals surface area contributed by atoms with Crippen LogP contribution in [0, 0.1) is 0 Å². The molecule has 0 aliphatic heterocycles. The molecule has 0 atom stereocenters. The van der Waals surface area contributed by atoms with Crippen LogP contribution in [0.3, 0.4) is 0 Å². The van der Waals surface area contributed by atoms with Crippen molar-refractivity contribution in [1.82, 2.24) is 9.55 Å². The summed E-state index contributed by atoms with van der Waals surface area (Å²) in [6, 6.07) is 77.4. The zero-order chi connectivity index (χ0) is 41.4. The predicted octanol–water partition coefficient (Wildman–Crippen LogP) is 16.3. The molecule has 0 N–H and O–H groups in total. The molecule has 4 heteroatoms. The van der Waals surface area contributed by atoms with Gasteiger partial charge in [-0.05, 0) is 112 Å². The van der Waals surface area contributed by atoms with Gasteiger partial charge in [-0.2, -0.15) is 0 Å². The normalized spacial score (nSPS) is 11.8. The summed E-state index contributed by atoms with van der Waals surface area (Å²) in [7, 11) is 0. The van der Waals surface area contributed by atoms with Gasteiger partial charge in [-0.15, -0.1) is 0 Å². The lowest BCUT2D eigenvalue weighted by Gasteiger charge is -2.11. The van der Waals surface area contributed by atoms with Crippen LogP contribution in [-0.2, 0) is 0 Å². The molecule has 294 valence electrons. The van der Waals surface area contributed by atoms with Crippen molar-refractivity contribution < 1.29 is 8.83 Å². The standard InChI is InChI=1S/C59H36N2O2/c1-3-13-37(14-4-1)39-17-11-18-44(31-39)61-53-22-9-7-19-45(53)49-32-40(26-29-54(49)61)41-27-30-56-50(33-41)59-48(21-12-24-57(59)62-56)52-35-43(34-51(60-52)38-15-5-2-6-16-38)42-25-28-47-46-20-8-10-23-55(46)63-58(47)36-42/h1-36H. The molecule has 0 fully saturated rings. The Labute approximate surface area is 362 Å². The Kier molecular flexibility index (Phi) is 7.87. The van der Waals surface area contributed by atoms with E-state index in [1.807, 2.05) is 18.2 Å². The molecule has 0 spiro atoms. The van der Waals surface area contributed by atoms with E-state index in [1.165, 1.54) is 32.9 Å².